The molecule has 1 aromatic rings. The van der Waals surface area contributed by atoms with Gasteiger partial charge in [0.25, 0.3) is 11.6 Å². The molecular formula is C12H19N3O4. The van der Waals surface area contributed by atoms with Crippen molar-refractivity contribution in [1.29, 1.82) is 0 Å². The van der Waals surface area contributed by atoms with Crippen molar-refractivity contribution in [2.75, 3.05) is 6.54 Å². The highest BCUT2D eigenvalue weighted by atomic mass is 16.6. The highest BCUT2D eigenvalue weighted by molar-refractivity contribution is 5.93. The number of aliphatic hydroxyl groups excluding tert-OH is 1. The van der Waals surface area contributed by atoms with Gasteiger partial charge in [0.1, 0.15) is 5.69 Å². The molecule has 1 atom stereocenters. The predicted molar refractivity (Wildman–Crippen MR) is 70.0 cm³/mol. The van der Waals surface area contributed by atoms with Gasteiger partial charge in [-0.1, -0.05) is 6.92 Å². The Hall–Kier alpha value is -1.89. The van der Waals surface area contributed by atoms with Crippen LogP contribution in [0.5, 0.6) is 0 Å². The largest absolute Gasteiger partial charge is 0.393 e. The molecule has 1 rings (SSSR count). The lowest BCUT2D eigenvalue weighted by Crippen LogP contribution is -2.28. The quantitative estimate of drug-likeness (QED) is 0.576. The first-order chi connectivity index (χ1) is 8.99. The van der Waals surface area contributed by atoms with Gasteiger partial charge in [0.05, 0.1) is 17.2 Å². The molecule has 0 fully saturated rings. The van der Waals surface area contributed by atoms with Crippen LogP contribution in [0.2, 0.25) is 0 Å². The first-order valence-electron chi connectivity index (χ1n) is 6.30. The lowest BCUT2D eigenvalue weighted by atomic mass is 10.2. The van der Waals surface area contributed by atoms with Crippen LogP contribution in [0.1, 0.15) is 37.2 Å². The third kappa shape index (κ3) is 4.06. The number of nitrogens with one attached hydrogen (secondary N) is 1. The molecule has 2 N–H and O–H groups in total. The number of aryl methyl sites for hydroxylation is 1. The van der Waals surface area contributed by atoms with Crippen molar-refractivity contribution in [3.8, 4) is 0 Å². The van der Waals surface area contributed by atoms with Crippen molar-refractivity contribution in [1.82, 2.24) is 9.88 Å². The summed E-state index contributed by atoms with van der Waals surface area (Å²) >= 11 is 0. The molecule has 0 aromatic carbocycles. The Morgan fingerprint density at radius 3 is 2.79 bits per heavy atom. The van der Waals surface area contributed by atoms with E-state index >= 15 is 0 Å². The van der Waals surface area contributed by atoms with E-state index in [2.05, 4.69) is 5.32 Å². The number of hydrogen-bond acceptors (Lipinski definition) is 4. The molecule has 0 radical (unpaired) electrons. The molecule has 0 bridgehead atoms. The van der Waals surface area contributed by atoms with Gasteiger partial charge in [-0.2, -0.15) is 0 Å². The van der Waals surface area contributed by atoms with Crippen LogP contribution in [-0.4, -0.2) is 33.2 Å². The second-order valence-electron chi connectivity index (χ2n) is 4.23. The Balaban J connectivity index is 2.68. The van der Waals surface area contributed by atoms with E-state index in [1.807, 2.05) is 6.92 Å². The van der Waals surface area contributed by atoms with Gasteiger partial charge >= 0.3 is 0 Å². The van der Waals surface area contributed by atoms with Gasteiger partial charge < -0.3 is 15.0 Å². The molecule has 0 saturated carbocycles. The number of rotatable bonds is 7. The molecular weight excluding hydrogens is 250 g/mol. The summed E-state index contributed by atoms with van der Waals surface area (Å²) in [5.41, 5.74) is 0.167. The zero-order valence-corrected chi connectivity index (χ0v) is 11.1. The molecule has 106 valence electrons. The van der Waals surface area contributed by atoms with Gasteiger partial charge in [0.2, 0.25) is 0 Å². The van der Waals surface area contributed by atoms with Crippen LogP contribution in [0.4, 0.5) is 5.69 Å². The summed E-state index contributed by atoms with van der Waals surface area (Å²) in [6.07, 6.45) is 2.01. The highest BCUT2D eigenvalue weighted by Crippen LogP contribution is 2.16. The molecule has 0 aliphatic rings. The third-order valence-corrected chi connectivity index (χ3v) is 2.90. The van der Waals surface area contributed by atoms with Crippen LogP contribution >= 0.6 is 0 Å². The Bertz CT molecular complexity index is 456. The Kier molecular flexibility index (Phi) is 5.50. The normalized spacial score (nSPS) is 12.2. The summed E-state index contributed by atoms with van der Waals surface area (Å²) in [5, 5.41) is 22.7. The Morgan fingerprint density at radius 2 is 2.26 bits per heavy atom. The number of carbonyl (C=O) groups excluding carboxylic acids is 1. The second kappa shape index (κ2) is 6.89. The Labute approximate surface area is 111 Å². The monoisotopic (exact) mass is 269 g/mol. The fourth-order valence-corrected chi connectivity index (χ4v) is 1.69. The van der Waals surface area contributed by atoms with E-state index in [1.54, 1.807) is 6.92 Å². The van der Waals surface area contributed by atoms with Crippen molar-refractivity contribution in [2.45, 2.75) is 39.3 Å². The lowest BCUT2D eigenvalue weighted by Gasteiger charge is -2.09. The molecule has 0 saturated heterocycles. The maximum Gasteiger partial charge on any atom is 0.287 e. The number of nitrogens with zero attached hydrogens (tertiary/aromatic N) is 2. The first kappa shape index (κ1) is 15.2. The zero-order valence-electron chi connectivity index (χ0n) is 11.1. The van der Waals surface area contributed by atoms with Crippen molar-refractivity contribution in [2.24, 2.45) is 0 Å². The summed E-state index contributed by atoms with van der Waals surface area (Å²) in [6, 6.07) is 1.26. The number of amides is 1. The summed E-state index contributed by atoms with van der Waals surface area (Å²) in [6.45, 7) is 4.49. The molecule has 7 heteroatoms. The van der Waals surface area contributed by atoms with Crippen molar-refractivity contribution in [3.05, 3.63) is 28.1 Å². The standard InChI is InChI=1S/C12H19N3O4/c1-3-10(16)5-6-13-12(17)11-7-9(15(18)19)8-14(11)4-2/h7-8,10,16H,3-6H2,1-2H3,(H,13,17). The summed E-state index contributed by atoms with van der Waals surface area (Å²) in [5.74, 6) is -0.363. The summed E-state index contributed by atoms with van der Waals surface area (Å²) in [4.78, 5) is 22.0. The van der Waals surface area contributed by atoms with E-state index in [0.29, 0.717) is 25.9 Å². The summed E-state index contributed by atoms with van der Waals surface area (Å²) < 4.78 is 1.53. The smallest absolute Gasteiger partial charge is 0.287 e. The Morgan fingerprint density at radius 1 is 1.58 bits per heavy atom. The minimum Gasteiger partial charge on any atom is -0.393 e. The molecule has 0 spiro atoms. The lowest BCUT2D eigenvalue weighted by molar-refractivity contribution is -0.384. The van der Waals surface area contributed by atoms with Crippen LogP contribution in [-0.2, 0) is 6.54 Å². The van der Waals surface area contributed by atoms with Gasteiger partial charge in [0.15, 0.2) is 0 Å². The molecule has 1 heterocycles. The number of aliphatic hydroxyl groups is 1. The van der Waals surface area contributed by atoms with Crippen LogP contribution < -0.4 is 5.32 Å². The average Bonchev–Trinajstić information content (AvgIpc) is 2.82. The molecule has 0 aliphatic heterocycles. The van der Waals surface area contributed by atoms with Crippen molar-refractivity contribution in [3.63, 3.8) is 0 Å². The fraction of sp³-hybridized carbons (Fsp3) is 0.583. The van der Waals surface area contributed by atoms with Gasteiger partial charge in [-0.25, -0.2) is 0 Å². The minimum absolute atomic E-state index is 0.0967. The third-order valence-electron chi connectivity index (χ3n) is 2.90. The van der Waals surface area contributed by atoms with Gasteiger partial charge in [-0.15, -0.1) is 0 Å². The van der Waals surface area contributed by atoms with Gasteiger partial charge in [-0.3, -0.25) is 14.9 Å². The van der Waals surface area contributed by atoms with Crippen molar-refractivity contribution < 1.29 is 14.8 Å². The van der Waals surface area contributed by atoms with E-state index in [9.17, 15) is 20.0 Å². The van der Waals surface area contributed by atoms with Gasteiger partial charge in [0, 0.05) is 19.2 Å². The van der Waals surface area contributed by atoms with Crippen molar-refractivity contribution >= 4 is 11.6 Å². The van der Waals surface area contributed by atoms with Crippen LogP contribution in [0.25, 0.3) is 0 Å². The molecule has 1 amide bonds. The molecule has 1 unspecified atom stereocenters. The molecule has 19 heavy (non-hydrogen) atoms. The minimum atomic E-state index is -0.524. The highest BCUT2D eigenvalue weighted by Gasteiger charge is 2.18. The van der Waals surface area contributed by atoms with Gasteiger partial charge in [-0.05, 0) is 19.8 Å². The maximum absolute atomic E-state index is 11.9. The average molecular weight is 269 g/mol. The molecule has 7 nitrogen and oxygen atoms in total. The van der Waals surface area contributed by atoms with E-state index in [4.69, 9.17) is 0 Å². The number of carbonyl (C=O) groups is 1. The predicted octanol–water partition coefficient (Wildman–Crippen LogP) is 1.31. The van der Waals surface area contributed by atoms with E-state index in [-0.39, 0.29) is 17.3 Å². The van der Waals surface area contributed by atoms with Crippen LogP contribution in [0.15, 0.2) is 12.3 Å². The van der Waals surface area contributed by atoms with E-state index < -0.39 is 11.0 Å². The zero-order chi connectivity index (χ0) is 14.4. The van der Waals surface area contributed by atoms with E-state index in [1.165, 1.54) is 16.8 Å². The van der Waals surface area contributed by atoms with Crippen LogP contribution in [0.3, 0.4) is 0 Å². The van der Waals surface area contributed by atoms with Crippen LogP contribution in [0, 0.1) is 10.1 Å². The number of aromatic nitrogens is 1. The first-order valence-corrected chi connectivity index (χ1v) is 6.30. The second-order valence-corrected chi connectivity index (χ2v) is 4.23. The topological polar surface area (TPSA) is 97.4 Å². The SMILES string of the molecule is CCC(O)CCNC(=O)c1cc([N+](=O)[O-])cn1CC. The number of nitro groups is 1. The maximum atomic E-state index is 11.9. The summed E-state index contributed by atoms with van der Waals surface area (Å²) in [7, 11) is 0. The van der Waals surface area contributed by atoms with E-state index in [0.717, 1.165) is 0 Å². The number of hydrogen-bond donors (Lipinski definition) is 2. The fourth-order valence-electron chi connectivity index (χ4n) is 1.69. The molecule has 0 aliphatic carbocycles. The molecule has 1 aromatic heterocycles.